The predicted molar refractivity (Wildman–Crippen MR) is 167 cm³/mol. The fourth-order valence-corrected chi connectivity index (χ4v) is 6.09. The van der Waals surface area contributed by atoms with Crippen LogP contribution in [-0.4, -0.2) is 78.2 Å². The first-order valence-electron chi connectivity index (χ1n) is 13.7. The first-order valence-corrected chi connectivity index (χ1v) is 15.2. The molecule has 5 aromatic rings. The number of nitrogens with one attached hydrogen (secondary N) is 2. The van der Waals surface area contributed by atoms with Crippen LogP contribution in [0.2, 0.25) is 0 Å². The molecule has 3 N–H and O–H groups in total. The smallest absolute Gasteiger partial charge is 0.280 e. The number of nitrogens with zero attached hydrogens (tertiary/aromatic N) is 5. The van der Waals surface area contributed by atoms with Gasteiger partial charge in [-0.25, -0.2) is 4.98 Å². The maximum absolute atomic E-state index is 13.3. The Bertz CT molecular complexity index is 1940. The van der Waals surface area contributed by atoms with E-state index in [0.29, 0.717) is 27.6 Å². The normalized spacial score (nSPS) is 14.5. The molecule has 1 aliphatic rings. The number of aromatic amines is 1. The summed E-state index contributed by atoms with van der Waals surface area (Å²) in [5.41, 5.74) is 3.93. The van der Waals surface area contributed by atoms with Crippen LogP contribution in [0.25, 0.3) is 10.9 Å². The summed E-state index contributed by atoms with van der Waals surface area (Å²) in [5, 5.41) is 11.2. The number of hydrogen-bond donors (Lipinski definition) is 3. The van der Waals surface area contributed by atoms with Crippen molar-refractivity contribution in [1.29, 1.82) is 0 Å². The Kier molecular flexibility index (Phi) is 7.46. The number of rotatable bonds is 8. The molecule has 0 radical (unpaired) electrons. The van der Waals surface area contributed by atoms with Crippen molar-refractivity contribution in [3.8, 4) is 5.88 Å². The highest BCUT2D eigenvalue weighted by molar-refractivity contribution is 7.92. The zero-order chi connectivity index (χ0) is 30.1. The number of H-pyrrole nitrogens is 1. The molecule has 0 amide bonds. The fourth-order valence-electron chi connectivity index (χ4n) is 5.06. The van der Waals surface area contributed by atoms with Crippen LogP contribution in [0.3, 0.4) is 0 Å². The number of benzene rings is 3. The maximum atomic E-state index is 13.3. The Hall–Kier alpha value is -4.94. The average Bonchev–Trinajstić information content (AvgIpc) is 3.58. The van der Waals surface area contributed by atoms with Gasteiger partial charge >= 0.3 is 0 Å². The summed E-state index contributed by atoms with van der Waals surface area (Å²) < 4.78 is 29.3. The largest absolute Gasteiger partial charge is 0.494 e. The van der Waals surface area contributed by atoms with E-state index in [1.165, 1.54) is 23.2 Å². The fraction of sp³-hybridized carbons (Fsp3) is 0.194. The van der Waals surface area contributed by atoms with Gasteiger partial charge in [-0.15, -0.1) is 0 Å². The summed E-state index contributed by atoms with van der Waals surface area (Å²) >= 11 is 0. The van der Waals surface area contributed by atoms with Gasteiger partial charge in [-0.1, -0.05) is 24.3 Å². The molecule has 43 heavy (non-hydrogen) atoms. The van der Waals surface area contributed by atoms with Crippen LogP contribution < -0.4 is 9.62 Å². The molecular formula is C31H31N7O4S. The van der Waals surface area contributed by atoms with Crippen LogP contribution >= 0.6 is 0 Å². The monoisotopic (exact) mass is 597 g/mol. The number of imidazole rings is 1. The SMILES string of the molecule is CN1CCN(c2ccc(N=Cc3c(O)[nH]c4cc(C(=O)c5cccc(NS(=O)(=O)c6cn(C)cn6)c5)ccc34)cc2)CC1. The first kappa shape index (κ1) is 28.2. The lowest BCUT2D eigenvalue weighted by atomic mass is 10.0. The molecule has 2 aromatic heterocycles. The number of likely N-dealkylation sites (N-methyl/N-ethyl adjacent to an activating group) is 1. The highest BCUT2D eigenvalue weighted by Gasteiger charge is 2.19. The van der Waals surface area contributed by atoms with Gasteiger partial charge in [0.2, 0.25) is 0 Å². The predicted octanol–water partition coefficient (Wildman–Crippen LogP) is 4.14. The van der Waals surface area contributed by atoms with Gasteiger partial charge in [0.15, 0.2) is 16.7 Å². The molecule has 0 spiro atoms. The second kappa shape index (κ2) is 11.4. The lowest BCUT2D eigenvalue weighted by molar-refractivity contribution is 0.103. The van der Waals surface area contributed by atoms with Gasteiger partial charge in [0.1, 0.15) is 0 Å². The summed E-state index contributed by atoms with van der Waals surface area (Å²) in [6.45, 7) is 4.05. The number of aromatic hydroxyl groups is 1. The number of fused-ring (bicyclic) bond motifs is 1. The van der Waals surface area contributed by atoms with Crippen LogP contribution in [0.15, 0.2) is 89.3 Å². The first-order chi connectivity index (χ1) is 20.7. The molecule has 3 heterocycles. The van der Waals surface area contributed by atoms with Crippen molar-refractivity contribution >= 4 is 50.0 Å². The third-order valence-electron chi connectivity index (χ3n) is 7.47. The topological polar surface area (TPSA) is 136 Å². The summed E-state index contributed by atoms with van der Waals surface area (Å²) in [7, 11) is -0.0994. The van der Waals surface area contributed by atoms with Gasteiger partial charge < -0.3 is 24.5 Å². The molecular weight excluding hydrogens is 566 g/mol. The van der Waals surface area contributed by atoms with Crippen molar-refractivity contribution < 1.29 is 18.3 Å². The third-order valence-corrected chi connectivity index (χ3v) is 8.74. The van der Waals surface area contributed by atoms with Crippen molar-refractivity contribution in [2.75, 3.05) is 42.8 Å². The van der Waals surface area contributed by atoms with Crippen LogP contribution in [-0.2, 0) is 17.1 Å². The van der Waals surface area contributed by atoms with Crippen LogP contribution in [0.1, 0.15) is 21.5 Å². The second-order valence-corrected chi connectivity index (χ2v) is 12.2. The molecule has 0 unspecified atom stereocenters. The van der Waals surface area contributed by atoms with E-state index < -0.39 is 10.0 Å². The van der Waals surface area contributed by atoms with Crippen molar-refractivity contribution in [1.82, 2.24) is 19.4 Å². The minimum absolute atomic E-state index is 0.0525. The second-order valence-electron chi connectivity index (χ2n) is 10.6. The Labute approximate surface area is 249 Å². The number of anilines is 2. The zero-order valence-electron chi connectivity index (χ0n) is 23.7. The molecule has 11 nitrogen and oxygen atoms in total. The summed E-state index contributed by atoms with van der Waals surface area (Å²) in [4.78, 5) is 29.4. The number of carbonyl (C=O) groups excluding carboxylic acids is 1. The Balaban J connectivity index is 1.18. The number of ketones is 1. The number of aryl methyl sites for hydroxylation is 1. The highest BCUT2D eigenvalue weighted by atomic mass is 32.2. The number of sulfonamides is 1. The number of piperazine rings is 1. The molecule has 12 heteroatoms. The van der Waals surface area contributed by atoms with Gasteiger partial charge in [-0.05, 0) is 49.5 Å². The van der Waals surface area contributed by atoms with Gasteiger partial charge in [0, 0.05) is 79.0 Å². The lowest BCUT2D eigenvalue weighted by Crippen LogP contribution is -2.44. The Morgan fingerprint density at radius 2 is 1.74 bits per heavy atom. The molecule has 0 saturated carbocycles. The number of carbonyl (C=O) groups is 1. The van der Waals surface area contributed by atoms with Gasteiger partial charge in [0.25, 0.3) is 10.0 Å². The quantitative estimate of drug-likeness (QED) is 0.181. The highest BCUT2D eigenvalue weighted by Crippen LogP contribution is 2.29. The van der Waals surface area contributed by atoms with Crippen molar-refractivity contribution in [3.63, 3.8) is 0 Å². The standard InChI is InChI=1S/C31H31N7O4S/c1-36-12-14-38(15-13-36)25-9-7-23(8-10-25)32-18-27-26-11-6-22(17-28(26)34-31(27)40)30(39)21-4-3-5-24(16-21)35-43(41,42)29-19-37(2)20-33-29/h3-11,16-20,34-35,40H,12-15H2,1-2H3. The van der Waals surface area contributed by atoms with E-state index in [0.717, 1.165) is 37.6 Å². The van der Waals surface area contributed by atoms with E-state index in [1.807, 2.05) is 12.1 Å². The molecule has 1 aliphatic heterocycles. The third kappa shape index (κ3) is 6.01. The van der Waals surface area contributed by atoms with E-state index in [9.17, 15) is 18.3 Å². The van der Waals surface area contributed by atoms with E-state index in [1.54, 1.807) is 49.7 Å². The lowest BCUT2D eigenvalue weighted by Gasteiger charge is -2.34. The van der Waals surface area contributed by atoms with Gasteiger partial charge in [-0.3, -0.25) is 14.5 Å². The maximum Gasteiger partial charge on any atom is 0.280 e. The van der Waals surface area contributed by atoms with Crippen molar-refractivity contribution in [2.45, 2.75) is 5.03 Å². The van der Waals surface area contributed by atoms with E-state index >= 15 is 0 Å². The van der Waals surface area contributed by atoms with Crippen molar-refractivity contribution in [2.24, 2.45) is 12.0 Å². The minimum Gasteiger partial charge on any atom is -0.494 e. The molecule has 1 fully saturated rings. The van der Waals surface area contributed by atoms with Crippen LogP contribution in [0.4, 0.5) is 17.1 Å². The van der Waals surface area contributed by atoms with Crippen LogP contribution in [0.5, 0.6) is 5.88 Å². The molecule has 220 valence electrons. The molecule has 0 atom stereocenters. The number of aromatic nitrogens is 3. The molecule has 1 saturated heterocycles. The van der Waals surface area contributed by atoms with E-state index in [2.05, 4.69) is 48.7 Å². The number of hydrogen-bond acceptors (Lipinski definition) is 8. The van der Waals surface area contributed by atoms with Gasteiger partial charge in [0.05, 0.1) is 17.6 Å². The van der Waals surface area contributed by atoms with E-state index in [4.69, 9.17) is 0 Å². The number of aliphatic imine (C=N–C) groups is 1. The molecule has 6 rings (SSSR count). The van der Waals surface area contributed by atoms with Crippen molar-refractivity contribution in [3.05, 3.63) is 95.9 Å². The Morgan fingerprint density at radius 1 is 1.00 bits per heavy atom. The summed E-state index contributed by atoms with van der Waals surface area (Å²) in [5.74, 6) is -0.353. The average molecular weight is 598 g/mol. The van der Waals surface area contributed by atoms with Gasteiger partial charge in [-0.2, -0.15) is 8.42 Å². The molecule has 3 aromatic carbocycles. The Morgan fingerprint density at radius 3 is 2.47 bits per heavy atom. The zero-order valence-corrected chi connectivity index (χ0v) is 24.5. The summed E-state index contributed by atoms with van der Waals surface area (Å²) in [6.07, 6.45) is 4.40. The minimum atomic E-state index is -3.91. The summed E-state index contributed by atoms with van der Waals surface area (Å²) in [6, 6.07) is 19.4. The molecule has 0 bridgehead atoms. The van der Waals surface area contributed by atoms with E-state index in [-0.39, 0.29) is 22.4 Å². The van der Waals surface area contributed by atoms with Crippen LogP contribution in [0, 0.1) is 0 Å². The molecule has 0 aliphatic carbocycles.